The number of anilines is 1. The number of amides is 1. The normalized spacial score (nSPS) is 14.2. The number of benzene rings is 1. The average molecular weight is 323 g/mol. The van der Waals surface area contributed by atoms with E-state index in [9.17, 15) is 4.79 Å². The van der Waals surface area contributed by atoms with Gasteiger partial charge < -0.3 is 15.2 Å². The van der Waals surface area contributed by atoms with Crippen molar-refractivity contribution in [3.8, 4) is 0 Å². The molecule has 1 aromatic carbocycles. The molecule has 2 aromatic heterocycles. The lowest BCUT2D eigenvalue weighted by molar-refractivity contribution is 0.0701. The second-order valence-corrected chi connectivity index (χ2v) is 6.52. The number of hydrogen-bond acceptors (Lipinski definition) is 3. The van der Waals surface area contributed by atoms with E-state index in [1.165, 1.54) is 0 Å². The van der Waals surface area contributed by atoms with E-state index in [4.69, 9.17) is 0 Å². The second-order valence-electron chi connectivity index (χ2n) is 6.52. The van der Waals surface area contributed by atoms with E-state index < -0.39 is 0 Å². The van der Waals surface area contributed by atoms with Gasteiger partial charge in [-0.3, -0.25) is 9.48 Å². The highest BCUT2D eigenvalue weighted by atomic mass is 16.2. The van der Waals surface area contributed by atoms with Crippen LogP contribution in [0.3, 0.4) is 0 Å². The maximum Gasteiger partial charge on any atom is 0.270 e. The molecule has 0 saturated carbocycles. The predicted octanol–water partition coefficient (Wildman–Crippen LogP) is 2.84. The van der Waals surface area contributed by atoms with Crippen LogP contribution in [0, 0.1) is 0 Å². The summed E-state index contributed by atoms with van der Waals surface area (Å²) in [5, 5.41) is 8.88. The molecule has 1 aliphatic rings. The van der Waals surface area contributed by atoms with Gasteiger partial charge in [0.25, 0.3) is 5.91 Å². The lowest BCUT2D eigenvalue weighted by atomic mass is 10.2. The van der Waals surface area contributed by atoms with Gasteiger partial charge in [0.1, 0.15) is 5.69 Å². The van der Waals surface area contributed by atoms with Crippen LogP contribution in [-0.4, -0.2) is 38.2 Å². The van der Waals surface area contributed by atoms with Crippen molar-refractivity contribution in [2.45, 2.75) is 33.0 Å². The van der Waals surface area contributed by atoms with Gasteiger partial charge in [-0.1, -0.05) is 18.2 Å². The highest BCUT2D eigenvalue weighted by Gasteiger charge is 2.25. The number of nitrogens with one attached hydrogen (secondary N) is 2. The Hall–Kier alpha value is -2.76. The van der Waals surface area contributed by atoms with Gasteiger partial charge in [-0.2, -0.15) is 5.10 Å². The van der Waals surface area contributed by atoms with Crippen molar-refractivity contribution in [1.82, 2.24) is 19.7 Å². The van der Waals surface area contributed by atoms with Gasteiger partial charge in [0.2, 0.25) is 0 Å². The summed E-state index contributed by atoms with van der Waals surface area (Å²) in [4.78, 5) is 18.0. The third kappa shape index (κ3) is 2.54. The molecule has 0 atom stereocenters. The Morgan fingerprint density at radius 2 is 2.12 bits per heavy atom. The molecule has 1 amide bonds. The summed E-state index contributed by atoms with van der Waals surface area (Å²) in [7, 11) is 0. The highest BCUT2D eigenvalue weighted by Crippen LogP contribution is 2.23. The molecular formula is C18H21N5O. The molecule has 0 radical (unpaired) electrons. The number of carbonyl (C=O) groups excluding carboxylic acids is 1. The first kappa shape index (κ1) is 14.8. The third-order valence-corrected chi connectivity index (χ3v) is 4.36. The maximum absolute atomic E-state index is 12.9. The van der Waals surface area contributed by atoms with E-state index in [-0.39, 0.29) is 5.91 Å². The van der Waals surface area contributed by atoms with Gasteiger partial charge in [-0.15, -0.1) is 0 Å². The number of rotatable bonds is 3. The Kier molecular flexibility index (Phi) is 3.52. The van der Waals surface area contributed by atoms with Gasteiger partial charge >= 0.3 is 0 Å². The van der Waals surface area contributed by atoms with Crippen LogP contribution in [0.1, 0.15) is 30.0 Å². The Morgan fingerprint density at radius 3 is 2.92 bits per heavy atom. The second kappa shape index (κ2) is 5.70. The van der Waals surface area contributed by atoms with E-state index in [2.05, 4.69) is 29.2 Å². The SMILES string of the molecule is CC(C)Nc1cnn2c1CN(C(=O)c1cc3ccccc3[nH]1)CC2. The molecule has 0 fully saturated rings. The Bertz CT molecular complexity index is 859. The molecular weight excluding hydrogens is 302 g/mol. The number of nitrogens with zero attached hydrogens (tertiary/aromatic N) is 3. The van der Waals surface area contributed by atoms with Crippen LogP contribution in [0.5, 0.6) is 0 Å². The zero-order chi connectivity index (χ0) is 16.7. The lowest BCUT2D eigenvalue weighted by Crippen LogP contribution is -2.38. The van der Waals surface area contributed by atoms with Gasteiger partial charge in [-0.05, 0) is 26.0 Å². The van der Waals surface area contributed by atoms with E-state index >= 15 is 0 Å². The van der Waals surface area contributed by atoms with Crippen LogP contribution < -0.4 is 5.32 Å². The van der Waals surface area contributed by atoms with Crippen LogP contribution in [0.4, 0.5) is 5.69 Å². The Labute approximate surface area is 140 Å². The molecule has 24 heavy (non-hydrogen) atoms. The molecule has 3 heterocycles. The molecule has 0 unspecified atom stereocenters. The van der Waals surface area contributed by atoms with Crippen LogP contribution in [0.25, 0.3) is 10.9 Å². The Morgan fingerprint density at radius 1 is 1.29 bits per heavy atom. The largest absolute Gasteiger partial charge is 0.380 e. The zero-order valence-corrected chi connectivity index (χ0v) is 13.9. The molecule has 0 aliphatic carbocycles. The highest BCUT2D eigenvalue weighted by molar-refractivity contribution is 5.98. The van der Waals surface area contributed by atoms with Crippen molar-refractivity contribution in [2.24, 2.45) is 0 Å². The maximum atomic E-state index is 12.9. The summed E-state index contributed by atoms with van der Waals surface area (Å²) in [5.41, 5.74) is 3.71. The van der Waals surface area contributed by atoms with Gasteiger partial charge in [0.15, 0.2) is 0 Å². The van der Waals surface area contributed by atoms with Crippen LogP contribution in [0.2, 0.25) is 0 Å². The van der Waals surface area contributed by atoms with Gasteiger partial charge in [0, 0.05) is 23.5 Å². The summed E-state index contributed by atoms with van der Waals surface area (Å²) >= 11 is 0. The van der Waals surface area contributed by atoms with E-state index in [0.717, 1.165) is 28.8 Å². The first-order valence-corrected chi connectivity index (χ1v) is 8.30. The molecule has 1 aliphatic heterocycles. The van der Waals surface area contributed by atoms with E-state index in [1.807, 2.05) is 46.1 Å². The van der Waals surface area contributed by atoms with Crippen molar-refractivity contribution in [3.05, 3.63) is 47.9 Å². The quantitative estimate of drug-likeness (QED) is 0.779. The smallest absolute Gasteiger partial charge is 0.270 e. The fourth-order valence-corrected chi connectivity index (χ4v) is 3.21. The standard InChI is InChI=1S/C18H21N5O/c1-12(2)20-16-10-19-23-8-7-22(11-17(16)23)18(24)15-9-13-5-3-4-6-14(13)21-15/h3-6,9-10,12,20-21H,7-8,11H2,1-2H3. The minimum Gasteiger partial charge on any atom is -0.380 e. The molecule has 6 heteroatoms. The number of aromatic nitrogens is 3. The molecule has 0 spiro atoms. The first-order chi connectivity index (χ1) is 11.6. The molecule has 3 aromatic rings. The number of carbonyl (C=O) groups is 1. The summed E-state index contributed by atoms with van der Waals surface area (Å²) in [6, 6.07) is 10.2. The topological polar surface area (TPSA) is 66.0 Å². The minimum atomic E-state index is 0.0362. The summed E-state index contributed by atoms with van der Waals surface area (Å²) in [5.74, 6) is 0.0362. The van der Waals surface area contributed by atoms with Crippen LogP contribution >= 0.6 is 0 Å². The number of H-pyrrole nitrogens is 1. The first-order valence-electron chi connectivity index (χ1n) is 8.30. The van der Waals surface area contributed by atoms with Crippen molar-refractivity contribution < 1.29 is 4.79 Å². The van der Waals surface area contributed by atoms with Gasteiger partial charge in [-0.25, -0.2) is 0 Å². The van der Waals surface area contributed by atoms with Crippen LogP contribution in [0.15, 0.2) is 36.5 Å². The van der Waals surface area contributed by atoms with Crippen molar-refractivity contribution in [2.75, 3.05) is 11.9 Å². The number of fused-ring (bicyclic) bond motifs is 2. The van der Waals surface area contributed by atoms with Crippen molar-refractivity contribution in [1.29, 1.82) is 0 Å². The number of para-hydroxylation sites is 1. The molecule has 0 saturated heterocycles. The summed E-state index contributed by atoms with van der Waals surface area (Å²) in [6.07, 6.45) is 1.85. The fourth-order valence-electron chi connectivity index (χ4n) is 3.21. The summed E-state index contributed by atoms with van der Waals surface area (Å²) in [6.45, 7) is 6.16. The van der Waals surface area contributed by atoms with Gasteiger partial charge in [0.05, 0.1) is 30.7 Å². The molecule has 124 valence electrons. The predicted molar refractivity (Wildman–Crippen MR) is 94.0 cm³/mol. The third-order valence-electron chi connectivity index (χ3n) is 4.36. The summed E-state index contributed by atoms with van der Waals surface area (Å²) < 4.78 is 1.99. The molecule has 6 nitrogen and oxygen atoms in total. The Balaban J connectivity index is 1.59. The zero-order valence-electron chi connectivity index (χ0n) is 13.9. The lowest BCUT2D eigenvalue weighted by Gasteiger charge is -2.28. The minimum absolute atomic E-state index is 0.0362. The molecule has 0 bridgehead atoms. The fraction of sp³-hybridized carbons (Fsp3) is 0.333. The average Bonchev–Trinajstić information content (AvgIpc) is 3.17. The monoisotopic (exact) mass is 323 g/mol. The molecule has 2 N–H and O–H groups in total. The van der Waals surface area contributed by atoms with E-state index in [0.29, 0.717) is 24.8 Å². The van der Waals surface area contributed by atoms with E-state index in [1.54, 1.807) is 0 Å². The van der Waals surface area contributed by atoms with Crippen molar-refractivity contribution in [3.63, 3.8) is 0 Å². The number of aromatic amines is 1. The van der Waals surface area contributed by atoms with Crippen molar-refractivity contribution >= 4 is 22.5 Å². The number of hydrogen-bond donors (Lipinski definition) is 2. The van der Waals surface area contributed by atoms with Crippen LogP contribution in [-0.2, 0) is 13.1 Å². The molecule has 4 rings (SSSR count).